The summed E-state index contributed by atoms with van der Waals surface area (Å²) in [6.07, 6.45) is 1.47. The van der Waals surface area contributed by atoms with Crippen LogP contribution < -0.4 is 5.32 Å². The van der Waals surface area contributed by atoms with Gasteiger partial charge in [0.15, 0.2) is 0 Å². The third-order valence-electron chi connectivity index (χ3n) is 3.76. The summed E-state index contributed by atoms with van der Waals surface area (Å²) >= 11 is 0. The van der Waals surface area contributed by atoms with Crippen LogP contribution in [0.25, 0.3) is 0 Å². The molecule has 5 nitrogen and oxygen atoms in total. The highest BCUT2D eigenvalue weighted by atomic mass is 16.3. The van der Waals surface area contributed by atoms with Gasteiger partial charge in [-0.05, 0) is 44.9 Å². The molecule has 1 N–H and O–H groups in total. The molecule has 0 aliphatic rings. The van der Waals surface area contributed by atoms with Crippen LogP contribution in [0.15, 0.2) is 28.9 Å². The number of carbonyl (C=O) groups is 2. The summed E-state index contributed by atoms with van der Waals surface area (Å²) in [4.78, 5) is 25.9. The Kier molecular flexibility index (Phi) is 4.89. The van der Waals surface area contributed by atoms with Gasteiger partial charge in [0, 0.05) is 12.7 Å². The van der Waals surface area contributed by atoms with Crippen LogP contribution in [0.4, 0.5) is 5.69 Å². The predicted molar refractivity (Wildman–Crippen MR) is 89.7 cm³/mol. The minimum absolute atomic E-state index is 0.0176. The number of anilines is 1. The van der Waals surface area contributed by atoms with Crippen molar-refractivity contribution in [1.29, 1.82) is 0 Å². The zero-order valence-electron chi connectivity index (χ0n) is 14.2. The van der Waals surface area contributed by atoms with E-state index in [1.807, 2.05) is 32.9 Å². The van der Waals surface area contributed by atoms with Gasteiger partial charge in [0.2, 0.25) is 5.91 Å². The second-order valence-electron chi connectivity index (χ2n) is 5.87. The van der Waals surface area contributed by atoms with E-state index in [4.69, 9.17) is 4.42 Å². The number of nitrogens with one attached hydrogen (secondary N) is 1. The van der Waals surface area contributed by atoms with E-state index in [1.54, 1.807) is 20.0 Å². The zero-order valence-corrected chi connectivity index (χ0v) is 14.2. The van der Waals surface area contributed by atoms with Crippen LogP contribution in [0.5, 0.6) is 0 Å². The summed E-state index contributed by atoms with van der Waals surface area (Å²) < 4.78 is 5.13. The van der Waals surface area contributed by atoms with Crippen LogP contribution in [0.3, 0.4) is 0 Å². The lowest BCUT2D eigenvalue weighted by Crippen LogP contribution is -2.35. The third-order valence-corrected chi connectivity index (χ3v) is 3.76. The summed E-state index contributed by atoms with van der Waals surface area (Å²) in [7, 11) is 1.60. The summed E-state index contributed by atoms with van der Waals surface area (Å²) in [6.45, 7) is 7.64. The lowest BCUT2D eigenvalue weighted by atomic mass is 10.1. The molecule has 23 heavy (non-hydrogen) atoms. The highest BCUT2D eigenvalue weighted by Crippen LogP contribution is 2.22. The molecule has 1 aromatic heterocycles. The Morgan fingerprint density at radius 1 is 1.13 bits per heavy atom. The summed E-state index contributed by atoms with van der Waals surface area (Å²) in [5.74, 6) is 0.0910. The highest BCUT2D eigenvalue weighted by molar-refractivity contribution is 6.00. The first-order valence-corrected chi connectivity index (χ1v) is 7.47. The first-order chi connectivity index (χ1) is 10.8. The van der Waals surface area contributed by atoms with Gasteiger partial charge < -0.3 is 14.6 Å². The van der Waals surface area contributed by atoms with Crippen LogP contribution in [-0.2, 0) is 4.79 Å². The number of furan rings is 1. The van der Waals surface area contributed by atoms with E-state index in [-0.39, 0.29) is 18.4 Å². The minimum Gasteiger partial charge on any atom is -0.469 e. The van der Waals surface area contributed by atoms with Crippen molar-refractivity contribution in [3.8, 4) is 0 Å². The Labute approximate surface area is 136 Å². The third kappa shape index (κ3) is 3.80. The predicted octanol–water partition coefficient (Wildman–Crippen LogP) is 3.22. The molecule has 0 saturated heterocycles. The largest absolute Gasteiger partial charge is 0.469 e. The van der Waals surface area contributed by atoms with Crippen molar-refractivity contribution in [3.63, 3.8) is 0 Å². The van der Waals surface area contributed by atoms with Gasteiger partial charge in [0.25, 0.3) is 5.91 Å². The van der Waals surface area contributed by atoms with Gasteiger partial charge in [-0.3, -0.25) is 9.59 Å². The lowest BCUT2D eigenvalue weighted by molar-refractivity contribution is -0.116. The maximum atomic E-state index is 12.3. The molecule has 0 spiro atoms. The van der Waals surface area contributed by atoms with E-state index in [0.717, 1.165) is 22.4 Å². The summed E-state index contributed by atoms with van der Waals surface area (Å²) in [5.41, 5.74) is 4.45. The molecule has 122 valence electrons. The number of hydrogen-bond acceptors (Lipinski definition) is 3. The van der Waals surface area contributed by atoms with Gasteiger partial charge in [0.05, 0.1) is 18.4 Å². The first-order valence-electron chi connectivity index (χ1n) is 7.47. The lowest BCUT2D eigenvalue weighted by Gasteiger charge is -2.18. The SMILES string of the molecule is Cc1cc(C)c(NC(=O)CN(C)C(=O)c2ccoc2C)c(C)c1. The van der Waals surface area contributed by atoms with Crippen molar-refractivity contribution >= 4 is 17.5 Å². The monoisotopic (exact) mass is 314 g/mol. The number of amides is 2. The number of benzene rings is 1. The van der Waals surface area contributed by atoms with Crippen molar-refractivity contribution in [2.45, 2.75) is 27.7 Å². The van der Waals surface area contributed by atoms with E-state index in [2.05, 4.69) is 5.32 Å². The van der Waals surface area contributed by atoms with Crippen molar-refractivity contribution in [2.75, 3.05) is 18.9 Å². The molecule has 2 aromatic rings. The van der Waals surface area contributed by atoms with E-state index in [9.17, 15) is 9.59 Å². The molecule has 0 bridgehead atoms. The molecule has 0 saturated carbocycles. The first kappa shape index (κ1) is 16.8. The van der Waals surface area contributed by atoms with Gasteiger partial charge >= 0.3 is 0 Å². The van der Waals surface area contributed by atoms with Gasteiger partial charge in [-0.2, -0.15) is 0 Å². The van der Waals surface area contributed by atoms with Crippen LogP contribution >= 0.6 is 0 Å². The van der Waals surface area contributed by atoms with Crippen LogP contribution in [0.1, 0.15) is 32.8 Å². The Hall–Kier alpha value is -2.56. The fraction of sp³-hybridized carbons (Fsp3) is 0.333. The summed E-state index contributed by atoms with van der Waals surface area (Å²) in [5, 5.41) is 2.90. The average molecular weight is 314 g/mol. The summed E-state index contributed by atoms with van der Waals surface area (Å²) in [6, 6.07) is 5.65. The maximum absolute atomic E-state index is 12.3. The number of carbonyl (C=O) groups excluding carboxylic acids is 2. The van der Waals surface area contributed by atoms with Gasteiger partial charge in [-0.25, -0.2) is 0 Å². The molecule has 5 heteroatoms. The molecule has 0 atom stereocenters. The number of nitrogens with zero attached hydrogens (tertiary/aromatic N) is 1. The second kappa shape index (κ2) is 6.69. The number of aryl methyl sites for hydroxylation is 4. The molecular weight excluding hydrogens is 292 g/mol. The van der Waals surface area contributed by atoms with Gasteiger partial charge in [-0.15, -0.1) is 0 Å². The van der Waals surface area contributed by atoms with E-state index in [1.165, 1.54) is 11.2 Å². The molecule has 0 aliphatic heterocycles. The fourth-order valence-electron chi connectivity index (χ4n) is 2.66. The number of likely N-dealkylation sites (N-methyl/N-ethyl adjacent to an activating group) is 1. The van der Waals surface area contributed by atoms with Gasteiger partial charge in [0.1, 0.15) is 5.76 Å². The molecule has 2 rings (SSSR count). The molecule has 0 fully saturated rings. The molecule has 1 aromatic carbocycles. The highest BCUT2D eigenvalue weighted by Gasteiger charge is 2.19. The van der Waals surface area contributed by atoms with E-state index < -0.39 is 0 Å². The second-order valence-corrected chi connectivity index (χ2v) is 5.87. The quantitative estimate of drug-likeness (QED) is 0.942. The molecule has 2 amide bonds. The smallest absolute Gasteiger partial charge is 0.257 e. The van der Waals surface area contributed by atoms with E-state index >= 15 is 0 Å². The Morgan fingerprint density at radius 3 is 2.26 bits per heavy atom. The van der Waals surface area contributed by atoms with Crippen molar-refractivity contribution in [3.05, 3.63) is 52.5 Å². The topological polar surface area (TPSA) is 62.6 Å². The Morgan fingerprint density at radius 2 is 1.74 bits per heavy atom. The fourth-order valence-corrected chi connectivity index (χ4v) is 2.66. The molecule has 0 radical (unpaired) electrons. The average Bonchev–Trinajstić information content (AvgIpc) is 2.88. The Bertz CT molecular complexity index is 723. The van der Waals surface area contributed by atoms with Crippen LogP contribution in [-0.4, -0.2) is 30.3 Å². The molecule has 0 aliphatic carbocycles. The number of rotatable bonds is 4. The van der Waals surface area contributed by atoms with Crippen LogP contribution in [0.2, 0.25) is 0 Å². The maximum Gasteiger partial charge on any atom is 0.257 e. The van der Waals surface area contributed by atoms with E-state index in [0.29, 0.717) is 11.3 Å². The van der Waals surface area contributed by atoms with Crippen molar-refractivity contribution < 1.29 is 14.0 Å². The van der Waals surface area contributed by atoms with Crippen LogP contribution in [0, 0.1) is 27.7 Å². The normalized spacial score (nSPS) is 10.5. The number of hydrogen-bond donors (Lipinski definition) is 1. The molecule has 0 unspecified atom stereocenters. The Balaban J connectivity index is 2.05. The van der Waals surface area contributed by atoms with Crippen molar-refractivity contribution in [2.24, 2.45) is 0 Å². The van der Waals surface area contributed by atoms with Crippen molar-refractivity contribution in [1.82, 2.24) is 4.90 Å². The minimum atomic E-state index is -0.233. The molecular formula is C18H22N2O3. The van der Waals surface area contributed by atoms with Gasteiger partial charge in [-0.1, -0.05) is 17.7 Å². The standard InChI is InChI=1S/C18H22N2O3/c1-11-8-12(2)17(13(3)9-11)19-16(21)10-20(5)18(22)15-6-7-23-14(15)4/h6-9H,10H2,1-5H3,(H,19,21). The zero-order chi connectivity index (χ0) is 17.1. The molecule has 1 heterocycles.